The largest absolute Gasteiger partial charge is 0.342 e. The fraction of sp³-hybridized carbons (Fsp3) is 0.550. The Kier molecular flexibility index (Phi) is 6.48. The second-order valence-corrected chi connectivity index (χ2v) is 9.12. The number of hydrogen-bond acceptors (Lipinski definition) is 4. The molecule has 1 saturated heterocycles. The summed E-state index contributed by atoms with van der Waals surface area (Å²) < 4.78 is 1.69. The molecule has 0 N–H and O–H groups in total. The number of fused-ring (bicyclic) bond motifs is 1. The van der Waals surface area contributed by atoms with E-state index in [4.69, 9.17) is 11.6 Å². The molecule has 1 atom stereocenters. The van der Waals surface area contributed by atoms with Crippen molar-refractivity contribution in [3.8, 4) is 0 Å². The van der Waals surface area contributed by atoms with Crippen LogP contribution in [0, 0.1) is 11.8 Å². The Labute approximate surface area is 169 Å². The minimum atomic E-state index is -0.0769. The Morgan fingerprint density at radius 1 is 1.41 bits per heavy atom. The number of halogens is 1. The normalized spacial score (nSPS) is 17.7. The van der Waals surface area contributed by atoms with Crippen LogP contribution in [0.2, 0.25) is 5.02 Å². The molecule has 0 aliphatic carbocycles. The van der Waals surface area contributed by atoms with E-state index in [1.165, 1.54) is 18.2 Å². The number of aromatic nitrogens is 2. The number of amides is 1. The Balaban J connectivity index is 1.87. The van der Waals surface area contributed by atoms with Crippen LogP contribution >= 0.6 is 23.4 Å². The molecule has 1 aliphatic rings. The van der Waals surface area contributed by atoms with E-state index >= 15 is 0 Å². The molecule has 146 valence electrons. The summed E-state index contributed by atoms with van der Waals surface area (Å²) in [7, 11) is 0. The van der Waals surface area contributed by atoms with Crippen LogP contribution in [0.15, 0.2) is 28.2 Å². The molecule has 1 fully saturated rings. The molecule has 0 spiro atoms. The average molecular weight is 408 g/mol. The molecule has 0 unspecified atom stereocenters. The fourth-order valence-electron chi connectivity index (χ4n) is 3.44. The highest BCUT2D eigenvalue weighted by molar-refractivity contribution is 7.99. The van der Waals surface area contributed by atoms with Gasteiger partial charge in [0.2, 0.25) is 5.91 Å². The number of rotatable bonds is 5. The summed E-state index contributed by atoms with van der Waals surface area (Å²) in [6.45, 7) is 8.52. The first-order chi connectivity index (χ1) is 12.8. The van der Waals surface area contributed by atoms with E-state index < -0.39 is 0 Å². The highest BCUT2D eigenvalue weighted by atomic mass is 35.5. The lowest BCUT2D eigenvalue weighted by Crippen LogP contribution is -2.40. The van der Waals surface area contributed by atoms with Crippen molar-refractivity contribution in [3.05, 3.63) is 33.6 Å². The van der Waals surface area contributed by atoms with E-state index in [9.17, 15) is 9.59 Å². The Hall–Kier alpha value is -1.53. The van der Waals surface area contributed by atoms with E-state index in [1.807, 2.05) is 4.90 Å². The molecule has 5 nitrogen and oxygen atoms in total. The highest BCUT2D eigenvalue weighted by Gasteiger charge is 2.22. The van der Waals surface area contributed by atoms with E-state index in [2.05, 4.69) is 25.8 Å². The monoisotopic (exact) mass is 407 g/mol. The average Bonchev–Trinajstić information content (AvgIpc) is 2.62. The fourth-order valence-corrected chi connectivity index (χ4v) is 4.52. The first kappa shape index (κ1) is 20.2. The van der Waals surface area contributed by atoms with Gasteiger partial charge in [-0.15, -0.1) is 0 Å². The van der Waals surface area contributed by atoms with Crippen molar-refractivity contribution >= 4 is 40.2 Å². The van der Waals surface area contributed by atoms with E-state index in [1.54, 1.807) is 22.8 Å². The van der Waals surface area contributed by atoms with Gasteiger partial charge in [0.25, 0.3) is 5.56 Å². The lowest BCUT2D eigenvalue weighted by Gasteiger charge is -2.30. The molecule has 1 aromatic carbocycles. The zero-order chi connectivity index (χ0) is 19.6. The molecular weight excluding hydrogens is 382 g/mol. The van der Waals surface area contributed by atoms with Gasteiger partial charge in [-0.2, -0.15) is 0 Å². The Morgan fingerprint density at radius 2 is 2.19 bits per heavy atom. The van der Waals surface area contributed by atoms with Crippen LogP contribution < -0.4 is 5.56 Å². The van der Waals surface area contributed by atoms with Crippen LogP contribution in [-0.4, -0.2) is 39.2 Å². The molecule has 0 radical (unpaired) electrons. The maximum absolute atomic E-state index is 13.0. The van der Waals surface area contributed by atoms with Gasteiger partial charge in [0.05, 0.1) is 16.7 Å². The molecule has 7 heteroatoms. The summed E-state index contributed by atoms with van der Waals surface area (Å²) in [4.78, 5) is 32.2. The van der Waals surface area contributed by atoms with E-state index in [0.29, 0.717) is 45.2 Å². The number of carbonyl (C=O) groups is 1. The van der Waals surface area contributed by atoms with Crippen LogP contribution in [0.25, 0.3) is 10.9 Å². The van der Waals surface area contributed by atoms with Crippen molar-refractivity contribution in [1.29, 1.82) is 0 Å². The number of piperidine rings is 1. The van der Waals surface area contributed by atoms with E-state index in [0.717, 1.165) is 19.5 Å². The summed E-state index contributed by atoms with van der Waals surface area (Å²) >= 11 is 7.42. The minimum Gasteiger partial charge on any atom is -0.342 e. The summed E-state index contributed by atoms with van der Waals surface area (Å²) in [6, 6.07) is 5.13. The molecule has 0 bridgehead atoms. The maximum Gasteiger partial charge on any atom is 0.262 e. The summed E-state index contributed by atoms with van der Waals surface area (Å²) in [6.07, 6.45) is 2.24. The first-order valence-corrected chi connectivity index (χ1v) is 10.8. The topological polar surface area (TPSA) is 55.2 Å². The van der Waals surface area contributed by atoms with Gasteiger partial charge in [0, 0.05) is 24.7 Å². The van der Waals surface area contributed by atoms with Crippen molar-refractivity contribution in [2.45, 2.75) is 45.3 Å². The first-order valence-electron chi connectivity index (χ1n) is 9.46. The summed E-state index contributed by atoms with van der Waals surface area (Å²) in [5, 5.41) is 1.69. The highest BCUT2D eigenvalue weighted by Crippen LogP contribution is 2.23. The van der Waals surface area contributed by atoms with Crippen molar-refractivity contribution in [3.63, 3.8) is 0 Å². The third-order valence-electron chi connectivity index (χ3n) is 4.76. The van der Waals surface area contributed by atoms with Crippen LogP contribution in [-0.2, 0) is 11.3 Å². The van der Waals surface area contributed by atoms with Crippen LogP contribution in [0.1, 0.15) is 33.6 Å². The molecule has 1 amide bonds. The van der Waals surface area contributed by atoms with Crippen molar-refractivity contribution in [1.82, 2.24) is 14.5 Å². The smallest absolute Gasteiger partial charge is 0.262 e. The van der Waals surface area contributed by atoms with E-state index in [-0.39, 0.29) is 11.5 Å². The predicted octanol–water partition coefficient (Wildman–Crippen LogP) is 4.06. The lowest BCUT2D eigenvalue weighted by molar-refractivity contribution is -0.130. The van der Waals surface area contributed by atoms with Crippen molar-refractivity contribution in [2.75, 3.05) is 18.8 Å². The number of likely N-dealkylation sites (tertiary alicyclic amines) is 1. The Bertz CT molecular complexity index is 897. The second-order valence-electron chi connectivity index (χ2n) is 7.74. The van der Waals surface area contributed by atoms with Crippen LogP contribution in [0.4, 0.5) is 0 Å². The van der Waals surface area contributed by atoms with Crippen molar-refractivity contribution < 1.29 is 4.79 Å². The number of carbonyl (C=O) groups excluding carboxylic acids is 1. The number of hydrogen-bond donors (Lipinski definition) is 0. The molecule has 2 heterocycles. The zero-order valence-electron chi connectivity index (χ0n) is 16.1. The zero-order valence-corrected chi connectivity index (χ0v) is 17.6. The molecule has 1 aliphatic heterocycles. The molecular formula is C20H26ClN3O2S. The van der Waals surface area contributed by atoms with Gasteiger partial charge >= 0.3 is 0 Å². The number of benzene rings is 1. The van der Waals surface area contributed by atoms with Gasteiger partial charge in [0.1, 0.15) is 0 Å². The third kappa shape index (κ3) is 4.85. The van der Waals surface area contributed by atoms with Gasteiger partial charge in [-0.3, -0.25) is 14.2 Å². The SMILES string of the molecule is CC(C)Cn1c(SCC(=O)N2CCC[C@@H](C)C2)nc2cc(Cl)ccc2c1=O. The summed E-state index contributed by atoms with van der Waals surface area (Å²) in [5.41, 5.74) is 0.501. The van der Waals surface area contributed by atoms with Gasteiger partial charge in [0.15, 0.2) is 5.16 Å². The van der Waals surface area contributed by atoms with Crippen molar-refractivity contribution in [2.24, 2.45) is 11.8 Å². The van der Waals surface area contributed by atoms with Crippen LogP contribution in [0.3, 0.4) is 0 Å². The summed E-state index contributed by atoms with van der Waals surface area (Å²) in [5.74, 6) is 1.26. The van der Waals surface area contributed by atoms with Gasteiger partial charge in [-0.05, 0) is 42.9 Å². The standard InChI is InChI=1S/C20H26ClN3O2S/c1-13(2)10-24-19(26)16-7-6-15(21)9-17(16)22-20(24)27-12-18(25)23-8-4-5-14(3)11-23/h6-7,9,13-14H,4-5,8,10-12H2,1-3H3/t14-/m1/s1. The maximum atomic E-state index is 13.0. The predicted molar refractivity (Wildman–Crippen MR) is 112 cm³/mol. The molecule has 1 aromatic heterocycles. The van der Waals surface area contributed by atoms with Gasteiger partial charge in [-0.25, -0.2) is 4.98 Å². The Morgan fingerprint density at radius 3 is 2.89 bits per heavy atom. The van der Waals surface area contributed by atoms with Gasteiger partial charge < -0.3 is 4.90 Å². The molecule has 2 aromatic rings. The molecule has 0 saturated carbocycles. The minimum absolute atomic E-state index is 0.0769. The van der Waals surface area contributed by atoms with Crippen LogP contribution in [0.5, 0.6) is 0 Å². The quantitative estimate of drug-likeness (QED) is 0.554. The second kappa shape index (κ2) is 8.65. The molecule has 3 rings (SSSR count). The lowest BCUT2D eigenvalue weighted by atomic mass is 10.0. The molecule has 27 heavy (non-hydrogen) atoms. The van der Waals surface area contributed by atoms with Gasteiger partial charge in [-0.1, -0.05) is 44.1 Å². The number of nitrogens with zero attached hydrogens (tertiary/aromatic N) is 3. The number of thioether (sulfide) groups is 1. The third-order valence-corrected chi connectivity index (χ3v) is 5.96.